The molecule has 0 aliphatic heterocycles. The number of rotatable bonds is 9. The van der Waals surface area contributed by atoms with E-state index in [-0.39, 0.29) is 34.3 Å². The van der Waals surface area contributed by atoms with Crippen LogP contribution in [0.5, 0.6) is 5.75 Å². The Bertz CT molecular complexity index is 1340. The Labute approximate surface area is 204 Å². The first-order valence-electron chi connectivity index (χ1n) is 10.7. The number of para-hydroxylation sites is 2. The van der Waals surface area contributed by atoms with Gasteiger partial charge in [-0.05, 0) is 56.3 Å². The Balaban J connectivity index is 1.96. The molecule has 0 aromatic heterocycles. The molecule has 0 aliphatic carbocycles. The molecule has 10 heteroatoms. The topological polar surface area (TPSA) is 121 Å². The molecule has 9 nitrogen and oxygen atoms in total. The largest absolute Gasteiger partial charge is 0.510 e. The molecule has 0 saturated heterocycles. The number of aliphatic hydroxyl groups excluding tert-OH is 1. The number of amides is 1. The third kappa shape index (κ3) is 6.04. The van der Waals surface area contributed by atoms with Gasteiger partial charge in [0.25, 0.3) is 15.9 Å². The highest BCUT2D eigenvalue weighted by atomic mass is 32.2. The van der Waals surface area contributed by atoms with E-state index >= 15 is 0 Å². The molecule has 3 aromatic carbocycles. The zero-order valence-electron chi connectivity index (χ0n) is 19.5. The van der Waals surface area contributed by atoms with E-state index in [1.807, 2.05) is 0 Å². The number of carbonyl (C=O) groups excluding carboxylic acids is 1. The normalized spacial score (nSPS) is 12.2. The summed E-state index contributed by atoms with van der Waals surface area (Å²) in [6.07, 6.45) is 0. The van der Waals surface area contributed by atoms with E-state index in [0.717, 1.165) is 0 Å². The van der Waals surface area contributed by atoms with Crippen molar-refractivity contribution in [3.8, 4) is 5.75 Å². The summed E-state index contributed by atoms with van der Waals surface area (Å²) in [6.45, 7) is 3.25. The number of aliphatic hydroxyl groups is 1. The number of hydrogen-bond acceptors (Lipinski definition) is 7. The number of hydrogen-bond donors (Lipinski definition) is 2. The predicted molar refractivity (Wildman–Crippen MR) is 135 cm³/mol. The van der Waals surface area contributed by atoms with Gasteiger partial charge in [0.2, 0.25) is 0 Å². The van der Waals surface area contributed by atoms with Crippen molar-refractivity contribution in [3.05, 3.63) is 90.3 Å². The van der Waals surface area contributed by atoms with Crippen LogP contribution >= 0.6 is 0 Å². The number of anilines is 2. The molecule has 0 fully saturated rings. The Morgan fingerprint density at radius 2 is 1.66 bits per heavy atom. The zero-order valence-corrected chi connectivity index (χ0v) is 20.4. The molecule has 1 amide bonds. The average molecular weight is 495 g/mol. The van der Waals surface area contributed by atoms with Crippen molar-refractivity contribution < 1.29 is 23.1 Å². The number of azo groups is 1. The predicted octanol–water partition coefficient (Wildman–Crippen LogP) is 5.42. The first kappa shape index (κ1) is 25.4. The maximum absolute atomic E-state index is 13.4. The summed E-state index contributed by atoms with van der Waals surface area (Å²) in [5.74, 6) is -0.788. The molecular weight excluding hydrogens is 468 g/mol. The Morgan fingerprint density at radius 3 is 2.23 bits per heavy atom. The summed E-state index contributed by atoms with van der Waals surface area (Å²) in [5, 5.41) is 20.6. The summed E-state index contributed by atoms with van der Waals surface area (Å²) in [6, 6.07) is 21.6. The molecule has 0 radical (unpaired) electrons. The summed E-state index contributed by atoms with van der Waals surface area (Å²) in [5.41, 5.74) is 0.776. The number of nitrogens with one attached hydrogen (secondary N) is 1. The van der Waals surface area contributed by atoms with Gasteiger partial charge >= 0.3 is 0 Å². The minimum absolute atomic E-state index is 0.0297. The van der Waals surface area contributed by atoms with Crippen molar-refractivity contribution in [1.29, 1.82) is 0 Å². The zero-order chi connectivity index (χ0) is 25.4. The van der Waals surface area contributed by atoms with Crippen LogP contribution in [-0.2, 0) is 14.8 Å². The molecule has 3 rings (SSSR count). The lowest BCUT2D eigenvalue weighted by molar-refractivity contribution is -0.113. The standard InChI is InChI=1S/C25H26N4O5S/c1-4-29(20-13-9-6-10-14-20)35(32,33)21-15-16-23(34-3)22(17-21)27-28-24(18(2)30)25(31)26-19-11-7-5-8-12-19/h5-17,30H,4H2,1-3H3,(H,26,31)/b24-18-,28-27?. The fourth-order valence-electron chi connectivity index (χ4n) is 3.22. The second-order valence-electron chi connectivity index (χ2n) is 7.29. The van der Waals surface area contributed by atoms with Crippen LogP contribution in [0.1, 0.15) is 13.8 Å². The molecule has 0 aliphatic rings. The first-order valence-corrected chi connectivity index (χ1v) is 12.2. The van der Waals surface area contributed by atoms with Gasteiger partial charge in [0.1, 0.15) is 17.2 Å². The maximum Gasteiger partial charge on any atom is 0.279 e. The molecule has 0 saturated carbocycles. The number of allylic oxidation sites excluding steroid dienone is 1. The van der Waals surface area contributed by atoms with Gasteiger partial charge in [-0.15, -0.1) is 10.2 Å². The molecule has 0 bridgehead atoms. The first-order chi connectivity index (χ1) is 16.8. The highest BCUT2D eigenvalue weighted by molar-refractivity contribution is 7.92. The second-order valence-corrected chi connectivity index (χ2v) is 9.16. The molecule has 2 N–H and O–H groups in total. The quantitative estimate of drug-likeness (QED) is 0.234. The Hall–Kier alpha value is -4.18. The van der Waals surface area contributed by atoms with E-state index in [4.69, 9.17) is 4.74 Å². The van der Waals surface area contributed by atoms with Gasteiger partial charge in [-0.2, -0.15) is 0 Å². The number of benzene rings is 3. The van der Waals surface area contributed by atoms with Gasteiger partial charge in [0.05, 0.1) is 17.7 Å². The second kappa shape index (κ2) is 11.3. The van der Waals surface area contributed by atoms with Crippen LogP contribution in [0.15, 0.2) is 105 Å². The fourth-order valence-corrected chi connectivity index (χ4v) is 4.71. The molecule has 182 valence electrons. The highest BCUT2D eigenvalue weighted by Gasteiger charge is 2.25. The molecule has 3 aromatic rings. The molecule has 0 spiro atoms. The summed E-state index contributed by atoms with van der Waals surface area (Å²) in [7, 11) is -2.52. The van der Waals surface area contributed by atoms with E-state index in [0.29, 0.717) is 11.4 Å². The van der Waals surface area contributed by atoms with Crippen LogP contribution in [0.4, 0.5) is 17.1 Å². The van der Waals surface area contributed by atoms with Crippen LogP contribution in [0, 0.1) is 0 Å². The number of nitrogens with zero attached hydrogens (tertiary/aromatic N) is 3. The van der Waals surface area contributed by atoms with Gasteiger partial charge < -0.3 is 15.2 Å². The lowest BCUT2D eigenvalue weighted by Crippen LogP contribution is -2.30. The van der Waals surface area contributed by atoms with Crippen molar-refractivity contribution >= 4 is 33.0 Å². The molecule has 0 atom stereocenters. The lowest BCUT2D eigenvalue weighted by Gasteiger charge is -2.23. The van der Waals surface area contributed by atoms with Crippen LogP contribution in [0.3, 0.4) is 0 Å². The molecule has 0 unspecified atom stereocenters. The summed E-state index contributed by atoms with van der Waals surface area (Å²) < 4.78 is 33.3. The van der Waals surface area contributed by atoms with Crippen molar-refractivity contribution in [2.75, 3.05) is 23.3 Å². The van der Waals surface area contributed by atoms with E-state index in [2.05, 4.69) is 15.5 Å². The van der Waals surface area contributed by atoms with Gasteiger partial charge in [0.15, 0.2) is 5.70 Å². The smallest absolute Gasteiger partial charge is 0.279 e. The molecular formula is C25H26N4O5S. The highest BCUT2D eigenvalue weighted by Crippen LogP contribution is 2.33. The molecule has 0 heterocycles. The summed E-state index contributed by atoms with van der Waals surface area (Å²) in [4.78, 5) is 12.6. The van der Waals surface area contributed by atoms with Gasteiger partial charge in [-0.1, -0.05) is 36.4 Å². The van der Waals surface area contributed by atoms with Gasteiger partial charge in [-0.3, -0.25) is 9.10 Å². The van der Waals surface area contributed by atoms with E-state index < -0.39 is 15.9 Å². The van der Waals surface area contributed by atoms with Crippen LogP contribution < -0.4 is 14.4 Å². The Morgan fingerprint density at radius 1 is 1.03 bits per heavy atom. The van der Waals surface area contributed by atoms with Crippen LogP contribution in [0.25, 0.3) is 0 Å². The SMILES string of the molecule is CCN(c1ccccc1)S(=O)(=O)c1ccc(OC)c(N=N/C(C(=O)Nc2ccccc2)=C(/C)O)c1. The average Bonchev–Trinajstić information content (AvgIpc) is 2.85. The maximum atomic E-state index is 13.4. The Kier molecular flexibility index (Phi) is 8.21. The summed E-state index contributed by atoms with van der Waals surface area (Å²) >= 11 is 0. The van der Waals surface area contributed by atoms with Gasteiger partial charge in [0, 0.05) is 12.2 Å². The van der Waals surface area contributed by atoms with E-state index in [9.17, 15) is 18.3 Å². The van der Waals surface area contributed by atoms with E-state index in [1.165, 1.54) is 36.5 Å². The van der Waals surface area contributed by atoms with E-state index in [1.54, 1.807) is 67.6 Å². The number of ether oxygens (including phenoxy) is 1. The fraction of sp³-hybridized carbons (Fsp3) is 0.160. The third-order valence-corrected chi connectivity index (χ3v) is 6.82. The van der Waals surface area contributed by atoms with Crippen molar-refractivity contribution in [2.24, 2.45) is 10.2 Å². The number of sulfonamides is 1. The van der Waals surface area contributed by atoms with Crippen molar-refractivity contribution in [3.63, 3.8) is 0 Å². The number of carbonyl (C=O) groups is 1. The minimum Gasteiger partial charge on any atom is -0.510 e. The molecule has 35 heavy (non-hydrogen) atoms. The van der Waals surface area contributed by atoms with Crippen molar-refractivity contribution in [1.82, 2.24) is 0 Å². The van der Waals surface area contributed by atoms with Crippen molar-refractivity contribution in [2.45, 2.75) is 18.7 Å². The van der Waals surface area contributed by atoms with Crippen LogP contribution in [0.2, 0.25) is 0 Å². The third-order valence-electron chi connectivity index (χ3n) is 4.92. The monoisotopic (exact) mass is 494 g/mol. The van der Waals surface area contributed by atoms with Crippen LogP contribution in [-0.4, -0.2) is 33.1 Å². The minimum atomic E-state index is -3.93. The lowest BCUT2D eigenvalue weighted by atomic mass is 10.3. The number of methoxy groups -OCH3 is 1. The van der Waals surface area contributed by atoms with Gasteiger partial charge in [-0.25, -0.2) is 8.42 Å².